The van der Waals surface area contributed by atoms with Crippen LogP contribution in [0.4, 0.5) is 29.5 Å². The lowest BCUT2D eigenvalue weighted by atomic mass is 9.94. The first-order valence-corrected chi connectivity index (χ1v) is 19.5. The fourth-order valence-electron chi connectivity index (χ4n) is 7.28. The Morgan fingerprint density at radius 3 is 2.19 bits per heavy atom. The summed E-state index contributed by atoms with van der Waals surface area (Å²) in [7, 11) is 0. The summed E-state index contributed by atoms with van der Waals surface area (Å²) in [6, 6.07) is 12.0. The number of nitrogens with one attached hydrogen (secondary N) is 2. The van der Waals surface area contributed by atoms with Crippen molar-refractivity contribution in [3.63, 3.8) is 0 Å². The Balaban J connectivity index is 1.17. The molecule has 2 aliphatic heterocycles. The van der Waals surface area contributed by atoms with Crippen LogP contribution in [0.3, 0.4) is 0 Å². The van der Waals surface area contributed by atoms with E-state index >= 15 is 0 Å². The standard InChI is InChI=1S/C42H49ClF3N7O5/c1-24-17-32(53(22-24)39(56)58-41(6,7)8)36-48-21-31(50-36)26-9-11-27(12-10-26)35-30(43)18-28(19-33(35)57-42(44,45)46)37(54)49-29-13-14-34(47-20-29)52-16-15-51(23-25(52)2)38(55)40(3,4)5/h9-14,18-21,24-25,32H,15-17,22-23H2,1-8H3,(H,48,50)(H,49,54)/t24-,25?,32-/m0/s1. The van der Waals surface area contributed by atoms with Gasteiger partial charge in [-0.2, -0.15) is 0 Å². The molecule has 2 aromatic heterocycles. The van der Waals surface area contributed by atoms with Gasteiger partial charge in [0.15, 0.2) is 0 Å². The highest BCUT2D eigenvalue weighted by atomic mass is 35.5. The number of alkyl halides is 3. The van der Waals surface area contributed by atoms with Gasteiger partial charge in [0.25, 0.3) is 5.91 Å². The lowest BCUT2D eigenvalue weighted by Crippen LogP contribution is -2.56. The van der Waals surface area contributed by atoms with Gasteiger partial charge in [-0.25, -0.2) is 14.8 Å². The van der Waals surface area contributed by atoms with Gasteiger partial charge >= 0.3 is 12.5 Å². The van der Waals surface area contributed by atoms with Crippen LogP contribution in [0.15, 0.2) is 60.9 Å². The van der Waals surface area contributed by atoms with Crippen molar-refractivity contribution in [3.8, 4) is 28.1 Å². The van der Waals surface area contributed by atoms with Crippen LogP contribution in [0.2, 0.25) is 5.02 Å². The van der Waals surface area contributed by atoms with Gasteiger partial charge in [-0.15, -0.1) is 13.2 Å². The molecule has 58 heavy (non-hydrogen) atoms. The maximum absolute atomic E-state index is 13.7. The summed E-state index contributed by atoms with van der Waals surface area (Å²) >= 11 is 6.62. The minimum absolute atomic E-state index is 0.000396. The van der Waals surface area contributed by atoms with Gasteiger partial charge in [-0.05, 0) is 75.4 Å². The quantitative estimate of drug-likeness (QED) is 0.189. The van der Waals surface area contributed by atoms with E-state index in [4.69, 9.17) is 16.3 Å². The molecule has 0 spiro atoms. The summed E-state index contributed by atoms with van der Waals surface area (Å²) in [6.45, 7) is 17.4. The molecule has 4 heterocycles. The number of amides is 3. The average Bonchev–Trinajstić information content (AvgIpc) is 3.77. The fraction of sp³-hybridized carbons (Fsp3) is 0.452. The number of imidazole rings is 1. The zero-order chi connectivity index (χ0) is 42.3. The highest BCUT2D eigenvalue weighted by Crippen LogP contribution is 2.42. The molecule has 12 nitrogen and oxygen atoms in total. The van der Waals surface area contributed by atoms with Crippen LogP contribution in [0.1, 0.15) is 84.0 Å². The van der Waals surface area contributed by atoms with Crippen LogP contribution in [-0.2, 0) is 9.53 Å². The molecule has 6 rings (SSSR count). The largest absolute Gasteiger partial charge is 0.573 e. The Kier molecular flexibility index (Phi) is 11.8. The zero-order valence-corrected chi connectivity index (χ0v) is 34.6. The van der Waals surface area contributed by atoms with Crippen LogP contribution < -0.4 is 15.0 Å². The third-order valence-electron chi connectivity index (χ3n) is 9.93. The summed E-state index contributed by atoms with van der Waals surface area (Å²) < 4.78 is 51.3. The third-order valence-corrected chi connectivity index (χ3v) is 10.2. The van der Waals surface area contributed by atoms with E-state index in [1.807, 2.05) is 53.4 Å². The number of halogens is 4. The molecule has 2 fully saturated rings. The number of rotatable bonds is 7. The molecule has 4 aromatic rings. The van der Waals surface area contributed by atoms with Crippen molar-refractivity contribution < 1.29 is 37.0 Å². The number of carbonyl (C=O) groups is 3. The molecule has 0 aliphatic carbocycles. The highest BCUT2D eigenvalue weighted by Gasteiger charge is 2.39. The minimum Gasteiger partial charge on any atom is -0.444 e. The maximum Gasteiger partial charge on any atom is 0.573 e. The van der Waals surface area contributed by atoms with Crippen molar-refractivity contribution in [2.24, 2.45) is 11.3 Å². The van der Waals surface area contributed by atoms with Gasteiger partial charge in [0.2, 0.25) is 5.91 Å². The Labute approximate surface area is 341 Å². The van der Waals surface area contributed by atoms with Crippen LogP contribution >= 0.6 is 11.6 Å². The Hall–Kier alpha value is -5.31. The molecule has 2 N–H and O–H groups in total. The van der Waals surface area contributed by atoms with Crippen molar-refractivity contribution >= 4 is 41.0 Å². The molecule has 0 saturated carbocycles. The lowest BCUT2D eigenvalue weighted by Gasteiger charge is -2.42. The van der Waals surface area contributed by atoms with Crippen LogP contribution in [-0.4, -0.2) is 86.8 Å². The predicted octanol–water partition coefficient (Wildman–Crippen LogP) is 9.34. The van der Waals surface area contributed by atoms with E-state index in [-0.39, 0.29) is 40.1 Å². The Bertz CT molecular complexity index is 2150. The molecule has 2 aliphatic rings. The smallest absolute Gasteiger partial charge is 0.444 e. The monoisotopic (exact) mass is 823 g/mol. The number of hydrogen-bond donors (Lipinski definition) is 2. The second-order valence-corrected chi connectivity index (χ2v) is 17.4. The number of carbonyl (C=O) groups excluding carboxylic acids is 3. The second kappa shape index (κ2) is 16.1. The number of H-pyrrole nitrogens is 1. The van der Waals surface area contributed by atoms with Gasteiger partial charge in [0.1, 0.15) is 23.0 Å². The molecule has 0 bridgehead atoms. The molecular weight excluding hydrogens is 775 g/mol. The second-order valence-electron chi connectivity index (χ2n) is 17.0. The summed E-state index contributed by atoms with van der Waals surface area (Å²) in [6.07, 6.45) is -1.69. The van der Waals surface area contributed by atoms with E-state index in [9.17, 15) is 27.6 Å². The molecule has 2 aromatic carbocycles. The first-order valence-electron chi connectivity index (χ1n) is 19.1. The number of likely N-dealkylation sites (tertiary alicyclic amines) is 1. The van der Waals surface area contributed by atoms with Gasteiger partial charge in [0, 0.05) is 48.8 Å². The van der Waals surface area contributed by atoms with Gasteiger partial charge < -0.3 is 29.6 Å². The van der Waals surface area contributed by atoms with Crippen molar-refractivity contribution in [1.29, 1.82) is 0 Å². The molecule has 16 heteroatoms. The minimum atomic E-state index is -5.08. The summed E-state index contributed by atoms with van der Waals surface area (Å²) in [4.78, 5) is 57.1. The maximum atomic E-state index is 13.7. The van der Waals surface area contributed by atoms with Gasteiger partial charge in [0.05, 0.1) is 34.8 Å². The first kappa shape index (κ1) is 42.3. The number of pyridine rings is 1. The van der Waals surface area contributed by atoms with Crippen LogP contribution in [0.5, 0.6) is 5.75 Å². The fourth-order valence-corrected chi connectivity index (χ4v) is 7.60. The molecule has 310 valence electrons. The van der Waals surface area contributed by atoms with E-state index in [2.05, 4.69) is 36.8 Å². The van der Waals surface area contributed by atoms with E-state index in [1.54, 1.807) is 47.5 Å². The van der Waals surface area contributed by atoms with Crippen LogP contribution in [0, 0.1) is 11.3 Å². The number of aromatic amines is 1. The highest BCUT2D eigenvalue weighted by molar-refractivity contribution is 6.34. The van der Waals surface area contributed by atoms with E-state index in [0.29, 0.717) is 66.8 Å². The number of anilines is 2. The van der Waals surface area contributed by atoms with Gasteiger partial charge in [-0.3, -0.25) is 14.5 Å². The molecule has 2 saturated heterocycles. The van der Waals surface area contributed by atoms with Crippen molar-refractivity contribution in [1.82, 2.24) is 24.8 Å². The average molecular weight is 824 g/mol. The third kappa shape index (κ3) is 9.86. The molecule has 1 unspecified atom stereocenters. The van der Waals surface area contributed by atoms with E-state index in [1.165, 1.54) is 12.3 Å². The van der Waals surface area contributed by atoms with Crippen LogP contribution in [0.25, 0.3) is 22.4 Å². The number of hydrogen-bond acceptors (Lipinski definition) is 8. The zero-order valence-electron chi connectivity index (χ0n) is 33.8. The SMILES string of the molecule is CC1CN(C(=O)C(C)(C)C)CCN1c1ccc(NC(=O)c2cc(Cl)c(-c3ccc(-c4cnc([C@@H]5C[C@H](C)CN5C(=O)OC(C)(C)C)[nH]4)cc3)c(OC(F)(F)F)c2)cn1. The number of benzene rings is 2. The Morgan fingerprint density at radius 2 is 1.59 bits per heavy atom. The van der Waals surface area contributed by atoms with Crippen molar-refractivity contribution in [2.45, 2.75) is 85.9 Å². The normalized spacial score (nSPS) is 19.0. The first-order chi connectivity index (χ1) is 27.1. The van der Waals surface area contributed by atoms with Crippen molar-refractivity contribution in [3.05, 3.63) is 77.3 Å². The number of aromatic nitrogens is 3. The molecule has 3 amide bonds. The van der Waals surface area contributed by atoms with Crippen molar-refractivity contribution in [2.75, 3.05) is 36.4 Å². The number of ether oxygens (including phenoxy) is 2. The van der Waals surface area contributed by atoms with E-state index < -0.39 is 35.1 Å². The molecular formula is C42H49ClF3N7O5. The summed E-state index contributed by atoms with van der Waals surface area (Å²) in [5.74, 6) is 0.213. The summed E-state index contributed by atoms with van der Waals surface area (Å²) in [5, 5.41) is 2.55. The topological polar surface area (TPSA) is 133 Å². The van der Waals surface area contributed by atoms with Gasteiger partial charge in [-0.1, -0.05) is 63.6 Å². The van der Waals surface area contributed by atoms with E-state index in [0.717, 1.165) is 6.07 Å². The molecule has 0 radical (unpaired) electrons. The number of piperazine rings is 1. The number of nitrogens with zero attached hydrogens (tertiary/aromatic N) is 5. The molecule has 3 atom stereocenters. The summed E-state index contributed by atoms with van der Waals surface area (Å²) in [5.41, 5.74) is 0.629. The predicted molar refractivity (Wildman–Crippen MR) is 216 cm³/mol. The Morgan fingerprint density at radius 1 is 0.897 bits per heavy atom. The lowest BCUT2D eigenvalue weighted by molar-refractivity contribution is -0.274.